The normalized spacial score (nSPS) is 40.1. The van der Waals surface area contributed by atoms with E-state index in [9.17, 15) is 23.4 Å². The van der Waals surface area contributed by atoms with Crippen LogP contribution in [0.5, 0.6) is 0 Å². The molecule has 1 aromatic rings. The number of ether oxygens (including phenoxy) is 1. The van der Waals surface area contributed by atoms with Gasteiger partial charge in [-0.15, -0.1) is 0 Å². The molecule has 0 radical (unpaired) electrons. The van der Waals surface area contributed by atoms with Crippen molar-refractivity contribution >= 4 is 21.8 Å². The van der Waals surface area contributed by atoms with Gasteiger partial charge in [0.25, 0.3) is 10.0 Å². The summed E-state index contributed by atoms with van der Waals surface area (Å²) in [7, 11) is -4.03. The van der Waals surface area contributed by atoms with E-state index in [1.807, 2.05) is 12.1 Å². The fraction of sp³-hybridized carbons (Fsp3) is 0.806. The second kappa shape index (κ2) is 13.0. The van der Waals surface area contributed by atoms with Crippen LogP contribution < -0.4 is 9.62 Å². The van der Waals surface area contributed by atoms with Gasteiger partial charge in [0.15, 0.2) is 0 Å². The average molecular weight is 645 g/mol. The Hall–Kier alpha value is -1.84. The number of carbonyl (C=O) groups excluding carboxylic acids is 1. The highest BCUT2D eigenvalue weighted by Gasteiger charge is 2.64. The highest BCUT2D eigenvalue weighted by Crippen LogP contribution is 2.69. The quantitative estimate of drug-likeness (QED) is 0.310. The lowest BCUT2D eigenvalue weighted by Crippen LogP contribution is -2.62. The number of rotatable bonds is 7. The van der Waals surface area contributed by atoms with Crippen LogP contribution in [0.3, 0.4) is 0 Å². The minimum absolute atomic E-state index is 0.0563. The van der Waals surface area contributed by atoms with Crippen molar-refractivity contribution in [2.75, 3.05) is 24.6 Å². The van der Waals surface area contributed by atoms with Crippen molar-refractivity contribution in [3.05, 3.63) is 24.3 Å². The molecule has 45 heavy (non-hydrogen) atoms. The summed E-state index contributed by atoms with van der Waals surface area (Å²) in [5.41, 5.74) is 1.25. The minimum atomic E-state index is -4.03. The molecule has 6 rings (SSSR count). The topological polar surface area (TPSA) is 116 Å². The number of aliphatic hydroxyl groups excluding tert-OH is 2. The van der Waals surface area contributed by atoms with Crippen LogP contribution in [0, 0.1) is 46.3 Å². The van der Waals surface area contributed by atoms with Crippen molar-refractivity contribution in [2.45, 2.75) is 121 Å². The first-order valence-corrected chi connectivity index (χ1v) is 19.4. The summed E-state index contributed by atoms with van der Waals surface area (Å²) in [5, 5.41) is 22.4. The zero-order chi connectivity index (χ0) is 32.0. The molecule has 1 aromatic carbocycles. The Labute approximate surface area is 270 Å². The molecule has 5 aliphatic rings. The van der Waals surface area contributed by atoms with Crippen LogP contribution in [0.4, 0.5) is 10.5 Å². The molecular formula is C36H56N2O6S. The molecule has 252 valence electrons. The third-order valence-electron chi connectivity index (χ3n) is 13.6. The summed E-state index contributed by atoms with van der Waals surface area (Å²) in [6.07, 6.45) is 11.9. The third-order valence-corrected chi connectivity index (χ3v) is 15.0. The molecule has 1 amide bonds. The van der Waals surface area contributed by atoms with Crippen LogP contribution in [0.25, 0.3) is 0 Å². The summed E-state index contributed by atoms with van der Waals surface area (Å²) in [6, 6.07) is 6.77. The van der Waals surface area contributed by atoms with E-state index in [1.165, 1.54) is 12.8 Å². The Morgan fingerprint density at radius 2 is 1.60 bits per heavy atom. The van der Waals surface area contributed by atoms with Gasteiger partial charge >= 0.3 is 6.09 Å². The minimum Gasteiger partial charge on any atom is -0.449 e. The van der Waals surface area contributed by atoms with E-state index in [0.29, 0.717) is 30.1 Å². The van der Waals surface area contributed by atoms with Gasteiger partial charge in [0.1, 0.15) is 0 Å². The van der Waals surface area contributed by atoms with Crippen molar-refractivity contribution in [1.29, 1.82) is 0 Å². The molecule has 1 aliphatic heterocycles. The van der Waals surface area contributed by atoms with Crippen LogP contribution in [0.1, 0.15) is 104 Å². The lowest BCUT2D eigenvalue weighted by molar-refractivity contribution is -0.202. The molecule has 4 saturated carbocycles. The summed E-state index contributed by atoms with van der Waals surface area (Å²) in [6.45, 7) is 9.16. The van der Waals surface area contributed by atoms with E-state index < -0.39 is 16.1 Å². The number of anilines is 1. The highest BCUT2D eigenvalue weighted by molar-refractivity contribution is 7.90. The number of aliphatic hydroxyl groups is 2. The monoisotopic (exact) mass is 644 g/mol. The Morgan fingerprint density at radius 3 is 2.29 bits per heavy atom. The van der Waals surface area contributed by atoms with Gasteiger partial charge in [-0.25, -0.2) is 17.9 Å². The maximum atomic E-state index is 12.9. The molecule has 4 aliphatic carbocycles. The van der Waals surface area contributed by atoms with Crippen molar-refractivity contribution in [1.82, 2.24) is 4.72 Å². The Balaban J connectivity index is 1.05. The van der Waals surface area contributed by atoms with Gasteiger partial charge in [-0.1, -0.05) is 40.0 Å². The number of benzene rings is 1. The van der Waals surface area contributed by atoms with Crippen LogP contribution in [0.2, 0.25) is 0 Å². The zero-order valence-electron chi connectivity index (χ0n) is 27.6. The maximum absolute atomic E-state index is 12.9. The first-order chi connectivity index (χ1) is 21.5. The SMILES string of the molecule is CC[C@H]1[C@@H](O)[C@@H]2[C@H](CC[C@]3(C)[C@@H](CCOC(=O)NS(=O)(=O)c4ccc(N5CCCCCC5)cc4)CC[C@@H]23)[C@@]2(C)CC[C@@H](O)C[C@@H]12. The number of hydrogen-bond donors (Lipinski definition) is 3. The van der Waals surface area contributed by atoms with Gasteiger partial charge in [-0.2, -0.15) is 0 Å². The van der Waals surface area contributed by atoms with Crippen molar-refractivity contribution in [3.8, 4) is 0 Å². The van der Waals surface area contributed by atoms with Crippen LogP contribution >= 0.6 is 0 Å². The second-order valence-corrected chi connectivity index (χ2v) is 17.3. The second-order valence-electron chi connectivity index (χ2n) is 15.6. The molecule has 10 atom stereocenters. The Bertz CT molecular complexity index is 1300. The molecule has 0 spiro atoms. The number of fused-ring (bicyclic) bond motifs is 5. The van der Waals surface area contributed by atoms with Crippen LogP contribution in [-0.4, -0.2) is 56.6 Å². The highest BCUT2D eigenvalue weighted by atomic mass is 32.2. The molecule has 0 unspecified atom stereocenters. The molecule has 1 saturated heterocycles. The largest absolute Gasteiger partial charge is 0.449 e. The number of hydrogen-bond acceptors (Lipinski definition) is 7. The third kappa shape index (κ3) is 6.15. The lowest BCUT2D eigenvalue weighted by Gasteiger charge is -2.64. The van der Waals surface area contributed by atoms with E-state index in [2.05, 4.69) is 30.4 Å². The van der Waals surface area contributed by atoms with Crippen LogP contribution in [0.15, 0.2) is 29.2 Å². The van der Waals surface area contributed by atoms with Crippen molar-refractivity contribution in [3.63, 3.8) is 0 Å². The predicted molar refractivity (Wildman–Crippen MR) is 175 cm³/mol. The number of carbonyl (C=O) groups is 1. The number of nitrogens with zero attached hydrogens (tertiary/aromatic N) is 1. The van der Waals surface area contributed by atoms with E-state index in [-0.39, 0.29) is 46.4 Å². The van der Waals surface area contributed by atoms with Crippen molar-refractivity contribution < 1.29 is 28.2 Å². The summed E-state index contributed by atoms with van der Waals surface area (Å²) < 4.78 is 33.5. The van der Waals surface area contributed by atoms with Crippen molar-refractivity contribution in [2.24, 2.45) is 46.3 Å². The average Bonchev–Trinajstić information content (AvgIpc) is 3.16. The molecule has 5 fully saturated rings. The van der Waals surface area contributed by atoms with E-state index in [1.54, 1.807) is 12.1 Å². The first kappa shape index (κ1) is 33.1. The van der Waals surface area contributed by atoms with Crippen LogP contribution in [-0.2, 0) is 14.8 Å². The summed E-state index contributed by atoms with van der Waals surface area (Å²) >= 11 is 0. The zero-order valence-corrected chi connectivity index (χ0v) is 28.4. The number of sulfonamides is 1. The summed E-state index contributed by atoms with van der Waals surface area (Å²) in [4.78, 5) is 15.0. The van der Waals surface area contributed by atoms with Gasteiger partial charge in [0, 0.05) is 18.8 Å². The fourth-order valence-electron chi connectivity index (χ4n) is 11.2. The molecule has 8 nitrogen and oxygen atoms in total. The van der Waals surface area contributed by atoms with E-state index in [0.717, 1.165) is 83.0 Å². The molecular weight excluding hydrogens is 588 g/mol. The van der Waals surface area contributed by atoms with Gasteiger partial charge < -0.3 is 19.8 Å². The number of amides is 1. The predicted octanol–water partition coefficient (Wildman–Crippen LogP) is 6.50. The number of nitrogens with one attached hydrogen (secondary N) is 1. The molecule has 0 aromatic heterocycles. The van der Waals surface area contributed by atoms with E-state index in [4.69, 9.17) is 4.74 Å². The molecule has 3 N–H and O–H groups in total. The fourth-order valence-corrected chi connectivity index (χ4v) is 12.1. The Morgan fingerprint density at radius 1 is 0.933 bits per heavy atom. The van der Waals surface area contributed by atoms with Gasteiger partial charge in [0.2, 0.25) is 0 Å². The summed E-state index contributed by atoms with van der Waals surface area (Å²) in [5.74, 6) is 2.16. The molecule has 0 bridgehead atoms. The molecule has 1 heterocycles. The molecule has 9 heteroatoms. The lowest BCUT2D eigenvalue weighted by atomic mass is 9.41. The maximum Gasteiger partial charge on any atom is 0.421 e. The smallest absolute Gasteiger partial charge is 0.421 e. The first-order valence-electron chi connectivity index (χ1n) is 17.9. The van der Waals surface area contributed by atoms with Gasteiger partial charge in [-0.05, 0) is 135 Å². The van der Waals surface area contributed by atoms with E-state index >= 15 is 0 Å². The van der Waals surface area contributed by atoms with Gasteiger partial charge in [0.05, 0.1) is 23.7 Å². The Kier molecular flexibility index (Phi) is 9.55. The van der Waals surface area contributed by atoms with Gasteiger partial charge in [-0.3, -0.25) is 0 Å². The standard InChI is InChI=1S/C36H56N2O6S/c1-4-28-31-23-26(39)15-18-36(31,3)30-16-19-35(2)24(9-14-29(35)32(30)33(28)40)17-22-44-34(41)37-45(42,43)27-12-10-25(11-13-27)38-20-7-5-6-8-21-38/h10-13,24,26,28-33,39-40H,4-9,14-23H2,1-3H3,(H,37,41)/t24-,26-,28-,29+,30+,31+,32+,33-,35-,36-/m1/s1.